The highest BCUT2D eigenvalue weighted by atomic mass is 32.1. The van der Waals surface area contributed by atoms with E-state index in [1.165, 1.54) is 0 Å². The smallest absolute Gasteiger partial charge is 0.142 e. The summed E-state index contributed by atoms with van der Waals surface area (Å²) in [5.74, 6) is 0. The predicted molar refractivity (Wildman–Crippen MR) is 99.1 cm³/mol. The maximum Gasteiger partial charge on any atom is 0.142 e. The third-order valence-corrected chi connectivity index (χ3v) is 4.89. The van der Waals surface area contributed by atoms with Gasteiger partial charge in [-0.05, 0) is 30.7 Å². The molecule has 0 fully saturated rings. The summed E-state index contributed by atoms with van der Waals surface area (Å²) in [5, 5.41) is 12.7. The Bertz CT molecular complexity index is 742. The van der Waals surface area contributed by atoms with Gasteiger partial charge in [-0.25, -0.2) is 4.98 Å². The largest absolute Gasteiger partial charge is 0.394 e. The Morgan fingerprint density at radius 3 is 2.58 bits per heavy atom. The first-order valence-electron chi connectivity index (χ1n) is 8.10. The molecule has 1 aromatic carbocycles. The van der Waals surface area contributed by atoms with E-state index in [1.807, 2.05) is 36.4 Å². The summed E-state index contributed by atoms with van der Waals surface area (Å²) in [6.45, 7) is 2.90. The molecule has 0 aliphatic carbocycles. The lowest BCUT2D eigenvalue weighted by atomic mass is 10.1. The lowest BCUT2D eigenvalue weighted by Gasteiger charge is -2.31. The fourth-order valence-electron chi connectivity index (χ4n) is 2.66. The molecule has 0 radical (unpaired) electrons. The second kappa shape index (κ2) is 8.04. The van der Waals surface area contributed by atoms with Crippen molar-refractivity contribution in [2.45, 2.75) is 25.9 Å². The van der Waals surface area contributed by atoms with Crippen LogP contribution < -0.4 is 4.90 Å². The fraction of sp³-hybridized carbons (Fsp3) is 0.263. The van der Waals surface area contributed by atoms with Crippen LogP contribution >= 0.6 is 11.3 Å². The van der Waals surface area contributed by atoms with Crippen LogP contribution in [-0.2, 0) is 6.54 Å². The molecule has 124 valence electrons. The van der Waals surface area contributed by atoms with Gasteiger partial charge in [0.05, 0.1) is 30.6 Å². The monoisotopic (exact) mass is 339 g/mol. The number of anilines is 1. The van der Waals surface area contributed by atoms with Crippen LogP contribution in [0.3, 0.4) is 0 Å². The van der Waals surface area contributed by atoms with Crippen molar-refractivity contribution >= 4 is 17.0 Å². The van der Waals surface area contributed by atoms with Crippen LogP contribution in [0.15, 0.2) is 60.1 Å². The summed E-state index contributed by atoms with van der Waals surface area (Å²) < 4.78 is 0. The first-order chi connectivity index (χ1) is 11.8. The molecule has 0 spiro atoms. The van der Waals surface area contributed by atoms with Crippen LogP contribution in [0.25, 0.3) is 10.7 Å². The highest BCUT2D eigenvalue weighted by Gasteiger charge is 2.18. The van der Waals surface area contributed by atoms with Crippen molar-refractivity contribution in [3.05, 3.63) is 65.8 Å². The summed E-state index contributed by atoms with van der Waals surface area (Å²) in [7, 11) is 0. The number of benzene rings is 1. The highest BCUT2D eigenvalue weighted by Crippen LogP contribution is 2.25. The lowest BCUT2D eigenvalue weighted by molar-refractivity contribution is 0.255. The van der Waals surface area contributed by atoms with Gasteiger partial charge in [0, 0.05) is 17.3 Å². The third kappa shape index (κ3) is 3.80. The van der Waals surface area contributed by atoms with E-state index in [0.717, 1.165) is 28.5 Å². The van der Waals surface area contributed by atoms with E-state index in [1.54, 1.807) is 17.5 Å². The zero-order chi connectivity index (χ0) is 16.8. The van der Waals surface area contributed by atoms with Crippen molar-refractivity contribution in [3.63, 3.8) is 0 Å². The minimum Gasteiger partial charge on any atom is -0.394 e. The Hall–Kier alpha value is -2.24. The minimum absolute atomic E-state index is 0.0763. The number of thiazole rings is 1. The van der Waals surface area contributed by atoms with Crippen LogP contribution in [0, 0.1) is 0 Å². The number of pyridine rings is 1. The molecular weight excluding hydrogens is 318 g/mol. The van der Waals surface area contributed by atoms with Gasteiger partial charge in [0.1, 0.15) is 5.01 Å². The van der Waals surface area contributed by atoms with Gasteiger partial charge in [0.15, 0.2) is 0 Å². The van der Waals surface area contributed by atoms with E-state index >= 15 is 0 Å². The summed E-state index contributed by atoms with van der Waals surface area (Å²) in [6.07, 6.45) is 2.66. The van der Waals surface area contributed by atoms with Crippen LogP contribution in [0.4, 0.5) is 5.69 Å². The Morgan fingerprint density at radius 1 is 1.12 bits per heavy atom. The quantitative estimate of drug-likeness (QED) is 0.707. The minimum atomic E-state index is 0.0763. The van der Waals surface area contributed by atoms with Gasteiger partial charge in [-0.15, -0.1) is 11.3 Å². The molecule has 5 heteroatoms. The first kappa shape index (κ1) is 16.6. The predicted octanol–water partition coefficient (Wildman–Crippen LogP) is 3.98. The number of aliphatic hydroxyl groups is 1. The van der Waals surface area contributed by atoms with Crippen LogP contribution in [-0.4, -0.2) is 27.7 Å². The summed E-state index contributed by atoms with van der Waals surface area (Å²) in [5.41, 5.74) is 3.00. The zero-order valence-electron chi connectivity index (χ0n) is 13.7. The van der Waals surface area contributed by atoms with E-state index in [-0.39, 0.29) is 12.6 Å². The van der Waals surface area contributed by atoms with Crippen LogP contribution in [0.5, 0.6) is 0 Å². The number of aromatic nitrogens is 2. The Balaban J connectivity index is 1.84. The number of para-hydroxylation sites is 1. The van der Waals surface area contributed by atoms with Gasteiger partial charge < -0.3 is 10.0 Å². The highest BCUT2D eigenvalue weighted by molar-refractivity contribution is 7.13. The van der Waals surface area contributed by atoms with Crippen molar-refractivity contribution in [1.82, 2.24) is 9.97 Å². The number of rotatable bonds is 7. The molecule has 3 aromatic rings. The van der Waals surface area contributed by atoms with Crippen LogP contribution in [0.1, 0.15) is 19.0 Å². The molecule has 0 aliphatic heterocycles. The van der Waals surface area contributed by atoms with Crippen molar-refractivity contribution in [2.75, 3.05) is 11.5 Å². The Morgan fingerprint density at radius 2 is 1.92 bits per heavy atom. The zero-order valence-corrected chi connectivity index (χ0v) is 14.5. The summed E-state index contributed by atoms with van der Waals surface area (Å²) in [6, 6.07) is 16.1. The molecule has 0 saturated carbocycles. The standard InChI is InChI=1S/C19H21N3OS/c1-2-16(13-23)22(17-8-4-3-5-9-17)12-15-14-24-19(21-15)18-10-6-7-11-20-18/h3-11,14,16,23H,2,12-13H2,1H3. The average Bonchev–Trinajstić information content (AvgIpc) is 3.12. The van der Waals surface area contributed by atoms with Crippen molar-refractivity contribution < 1.29 is 5.11 Å². The van der Waals surface area contributed by atoms with E-state index in [2.05, 4.69) is 34.3 Å². The fourth-order valence-corrected chi connectivity index (χ4v) is 3.45. The molecule has 0 saturated heterocycles. The molecular formula is C19H21N3OS. The second-order valence-electron chi connectivity index (χ2n) is 5.57. The molecule has 2 heterocycles. The van der Waals surface area contributed by atoms with E-state index in [0.29, 0.717) is 6.54 Å². The number of nitrogens with zero attached hydrogens (tertiary/aromatic N) is 3. The van der Waals surface area contributed by atoms with Gasteiger partial charge in [0.2, 0.25) is 0 Å². The lowest BCUT2D eigenvalue weighted by Crippen LogP contribution is -2.37. The average molecular weight is 339 g/mol. The topological polar surface area (TPSA) is 49.2 Å². The Kier molecular flexibility index (Phi) is 5.56. The van der Waals surface area contributed by atoms with Gasteiger partial charge >= 0.3 is 0 Å². The SMILES string of the molecule is CCC(CO)N(Cc1csc(-c2ccccn2)n1)c1ccccc1. The molecule has 24 heavy (non-hydrogen) atoms. The maximum absolute atomic E-state index is 9.75. The molecule has 1 unspecified atom stereocenters. The van der Waals surface area contributed by atoms with E-state index in [9.17, 15) is 5.11 Å². The Labute approximate surface area is 146 Å². The number of aliphatic hydroxyl groups excluding tert-OH is 1. The molecule has 0 amide bonds. The van der Waals surface area contributed by atoms with Gasteiger partial charge in [0.25, 0.3) is 0 Å². The molecule has 0 aliphatic rings. The third-order valence-electron chi connectivity index (χ3n) is 3.98. The summed E-state index contributed by atoms with van der Waals surface area (Å²) >= 11 is 1.60. The molecule has 1 N–H and O–H groups in total. The summed E-state index contributed by atoms with van der Waals surface area (Å²) in [4.78, 5) is 11.3. The van der Waals surface area contributed by atoms with Crippen molar-refractivity contribution in [1.29, 1.82) is 0 Å². The molecule has 3 rings (SSSR count). The second-order valence-corrected chi connectivity index (χ2v) is 6.43. The van der Waals surface area contributed by atoms with E-state index in [4.69, 9.17) is 4.98 Å². The number of hydrogen-bond donors (Lipinski definition) is 1. The first-order valence-corrected chi connectivity index (χ1v) is 8.98. The normalized spacial score (nSPS) is 12.1. The maximum atomic E-state index is 9.75. The molecule has 4 nitrogen and oxygen atoms in total. The molecule has 0 bridgehead atoms. The molecule has 2 aromatic heterocycles. The van der Waals surface area contributed by atoms with Gasteiger partial charge in [-0.1, -0.05) is 31.2 Å². The number of hydrogen-bond acceptors (Lipinski definition) is 5. The van der Waals surface area contributed by atoms with E-state index < -0.39 is 0 Å². The van der Waals surface area contributed by atoms with Crippen LogP contribution in [0.2, 0.25) is 0 Å². The molecule has 1 atom stereocenters. The van der Waals surface area contributed by atoms with Crippen molar-refractivity contribution in [2.24, 2.45) is 0 Å². The van der Waals surface area contributed by atoms with Gasteiger partial charge in [-0.2, -0.15) is 0 Å². The van der Waals surface area contributed by atoms with Crippen molar-refractivity contribution in [3.8, 4) is 10.7 Å². The van der Waals surface area contributed by atoms with Gasteiger partial charge in [-0.3, -0.25) is 4.98 Å².